The summed E-state index contributed by atoms with van der Waals surface area (Å²) in [6, 6.07) is 18.8. The zero-order valence-electron chi connectivity index (χ0n) is 13.3. The number of fused-ring (bicyclic) bond motifs is 1. The molecule has 1 N–H and O–H groups in total. The van der Waals surface area contributed by atoms with Crippen LogP contribution in [0.4, 0.5) is 5.69 Å². The van der Waals surface area contributed by atoms with E-state index in [-0.39, 0.29) is 5.91 Å². The molecule has 1 atom stereocenters. The molecule has 4 nitrogen and oxygen atoms in total. The molecule has 2 aromatic carbocycles. The lowest BCUT2D eigenvalue weighted by Gasteiger charge is -2.24. The first kappa shape index (κ1) is 15.6. The fraction of sp³-hybridized carbons (Fsp3) is 0.100. The second-order valence-corrected chi connectivity index (χ2v) is 6.72. The number of ether oxygens (including phenoxy) is 1. The van der Waals surface area contributed by atoms with E-state index >= 15 is 0 Å². The first-order chi connectivity index (χ1) is 12.2. The molecule has 0 radical (unpaired) electrons. The number of hydrogen-bond acceptors (Lipinski definition) is 4. The Kier molecular flexibility index (Phi) is 4.07. The van der Waals surface area contributed by atoms with Gasteiger partial charge >= 0.3 is 5.97 Å². The lowest BCUT2D eigenvalue weighted by atomic mass is 9.98. The zero-order valence-corrected chi connectivity index (χ0v) is 14.1. The van der Waals surface area contributed by atoms with Crippen LogP contribution in [0, 0.1) is 0 Å². The third kappa shape index (κ3) is 3.06. The van der Waals surface area contributed by atoms with Crippen LogP contribution in [0.2, 0.25) is 0 Å². The van der Waals surface area contributed by atoms with Crippen LogP contribution in [0.25, 0.3) is 10.4 Å². The van der Waals surface area contributed by atoms with Crippen molar-refractivity contribution in [1.29, 1.82) is 0 Å². The molecular weight excluding hydrogens is 334 g/mol. The predicted molar refractivity (Wildman–Crippen MR) is 97.7 cm³/mol. The van der Waals surface area contributed by atoms with Crippen molar-refractivity contribution in [2.45, 2.75) is 12.5 Å². The monoisotopic (exact) mass is 349 g/mol. The standard InChI is InChI=1S/C20H15NO3S/c22-19(17-12-13-6-1-2-7-14(13)20(23)24-17)21-16-9-4-3-8-15(16)18-10-5-11-25-18/h1-11,17H,12H2,(H,21,22). The Bertz CT molecular complexity index is 934. The van der Waals surface area contributed by atoms with Crippen molar-refractivity contribution in [3.8, 4) is 10.4 Å². The van der Waals surface area contributed by atoms with Crippen LogP contribution in [0.1, 0.15) is 15.9 Å². The van der Waals surface area contributed by atoms with E-state index < -0.39 is 12.1 Å². The van der Waals surface area contributed by atoms with Crippen LogP contribution in [0.3, 0.4) is 0 Å². The molecule has 0 spiro atoms. The summed E-state index contributed by atoms with van der Waals surface area (Å²) in [6.07, 6.45) is -0.437. The van der Waals surface area contributed by atoms with Gasteiger partial charge < -0.3 is 10.1 Å². The Balaban J connectivity index is 1.57. The lowest BCUT2D eigenvalue weighted by molar-refractivity contribution is -0.125. The van der Waals surface area contributed by atoms with Gasteiger partial charge in [0.05, 0.1) is 5.56 Å². The van der Waals surface area contributed by atoms with Gasteiger partial charge in [-0.05, 0) is 29.1 Å². The number of nitrogens with one attached hydrogen (secondary N) is 1. The van der Waals surface area contributed by atoms with E-state index in [1.54, 1.807) is 23.5 Å². The van der Waals surface area contributed by atoms with Gasteiger partial charge in [0.2, 0.25) is 0 Å². The van der Waals surface area contributed by atoms with Crippen molar-refractivity contribution >= 4 is 28.9 Å². The van der Waals surface area contributed by atoms with E-state index in [2.05, 4.69) is 5.32 Å². The number of rotatable bonds is 3. The van der Waals surface area contributed by atoms with Crippen LogP contribution in [-0.4, -0.2) is 18.0 Å². The number of cyclic esters (lactones) is 1. The third-order valence-electron chi connectivity index (χ3n) is 4.16. The molecule has 0 fully saturated rings. The van der Waals surface area contributed by atoms with Gasteiger partial charge in [-0.15, -0.1) is 11.3 Å². The van der Waals surface area contributed by atoms with Gasteiger partial charge in [-0.1, -0.05) is 42.5 Å². The number of carbonyl (C=O) groups is 2. The van der Waals surface area contributed by atoms with E-state index in [4.69, 9.17) is 4.74 Å². The number of para-hydroxylation sites is 1. The summed E-state index contributed by atoms with van der Waals surface area (Å²) in [4.78, 5) is 25.8. The van der Waals surface area contributed by atoms with Crippen molar-refractivity contribution in [2.24, 2.45) is 0 Å². The molecule has 25 heavy (non-hydrogen) atoms. The molecule has 1 aliphatic rings. The molecule has 4 rings (SSSR count). The Morgan fingerprint density at radius 2 is 1.76 bits per heavy atom. The average molecular weight is 349 g/mol. The summed E-state index contributed by atoms with van der Waals surface area (Å²) in [7, 11) is 0. The minimum Gasteiger partial charge on any atom is -0.448 e. The molecular formula is C20H15NO3S. The molecule has 1 aromatic heterocycles. The smallest absolute Gasteiger partial charge is 0.339 e. The average Bonchev–Trinajstić information content (AvgIpc) is 3.16. The van der Waals surface area contributed by atoms with E-state index in [1.807, 2.05) is 53.9 Å². The zero-order chi connectivity index (χ0) is 17.2. The van der Waals surface area contributed by atoms with E-state index in [0.29, 0.717) is 17.7 Å². The molecule has 5 heteroatoms. The Morgan fingerprint density at radius 1 is 1.00 bits per heavy atom. The Labute approximate surface area is 149 Å². The fourth-order valence-corrected chi connectivity index (χ4v) is 3.70. The van der Waals surface area contributed by atoms with Crippen molar-refractivity contribution in [3.05, 3.63) is 77.2 Å². The van der Waals surface area contributed by atoms with Crippen LogP contribution in [0.5, 0.6) is 0 Å². The highest BCUT2D eigenvalue weighted by Gasteiger charge is 2.31. The molecule has 0 bridgehead atoms. The maximum absolute atomic E-state index is 12.7. The van der Waals surface area contributed by atoms with Crippen LogP contribution in [0.15, 0.2) is 66.0 Å². The topological polar surface area (TPSA) is 55.4 Å². The summed E-state index contributed by atoms with van der Waals surface area (Å²) in [5.74, 6) is -0.764. The molecule has 0 saturated heterocycles. The SMILES string of the molecule is O=C1OC(C(=O)Nc2ccccc2-c2cccs2)Cc2ccccc21. The van der Waals surface area contributed by atoms with Gasteiger partial charge in [-0.25, -0.2) is 4.79 Å². The number of thiophene rings is 1. The fourth-order valence-electron chi connectivity index (χ4n) is 2.93. The van der Waals surface area contributed by atoms with Crippen molar-refractivity contribution in [1.82, 2.24) is 0 Å². The number of esters is 1. The van der Waals surface area contributed by atoms with E-state index in [0.717, 1.165) is 16.0 Å². The highest BCUT2D eigenvalue weighted by Crippen LogP contribution is 2.32. The van der Waals surface area contributed by atoms with Gasteiger partial charge in [0, 0.05) is 22.5 Å². The minimum absolute atomic E-state index is 0.313. The minimum atomic E-state index is -0.821. The van der Waals surface area contributed by atoms with Gasteiger partial charge in [-0.2, -0.15) is 0 Å². The van der Waals surface area contributed by atoms with Gasteiger partial charge in [0.15, 0.2) is 6.10 Å². The van der Waals surface area contributed by atoms with Crippen LogP contribution >= 0.6 is 11.3 Å². The van der Waals surface area contributed by atoms with Crippen molar-refractivity contribution in [3.63, 3.8) is 0 Å². The van der Waals surface area contributed by atoms with E-state index in [9.17, 15) is 9.59 Å². The van der Waals surface area contributed by atoms with E-state index in [1.165, 1.54) is 0 Å². The van der Waals surface area contributed by atoms with Gasteiger partial charge in [0.1, 0.15) is 0 Å². The second-order valence-electron chi connectivity index (χ2n) is 5.77. The molecule has 1 aliphatic heterocycles. The second kappa shape index (κ2) is 6.53. The molecule has 2 heterocycles. The van der Waals surface area contributed by atoms with Gasteiger partial charge in [-0.3, -0.25) is 4.79 Å². The number of carbonyl (C=O) groups excluding carboxylic acids is 2. The lowest BCUT2D eigenvalue weighted by Crippen LogP contribution is -2.38. The molecule has 0 aliphatic carbocycles. The van der Waals surface area contributed by atoms with Gasteiger partial charge in [0.25, 0.3) is 5.91 Å². The molecule has 124 valence electrons. The first-order valence-corrected chi connectivity index (χ1v) is 8.83. The highest BCUT2D eigenvalue weighted by atomic mass is 32.1. The number of hydrogen-bond donors (Lipinski definition) is 1. The summed E-state index contributed by atoms with van der Waals surface area (Å²) in [5, 5.41) is 4.90. The van der Waals surface area contributed by atoms with Crippen molar-refractivity contribution in [2.75, 3.05) is 5.32 Å². The van der Waals surface area contributed by atoms with Crippen LogP contribution < -0.4 is 5.32 Å². The summed E-state index contributed by atoms with van der Waals surface area (Å²) in [6.45, 7) is 0. The predicted octanol–water partition coefficient (Wildman–Crippen LogP) is 4.14. The normalized spacial score (nSPS) is 16.0. The summed E-state index contributed by atoms with van der Waals surface area (Å²) in [5.41, 5.74) is 3.04. The molecule has 1 amide bonds. The maximum Gasteiger partial charge on any atom is 0.339 e. The quantitative estimate of drug-likeness (QED) is 0.723. The third-order valence-corrected chi connectivity index (χ3v) is 5.06. The largest absolute Gasteiger partial charge is 0.448 e. The molecule has 0 saturated carbocycles. The van der Waals surface area contributed by atoms with Crippen LogP contribution in [-0.2, 0) is 16.0 Å². The first-order valence-electron chi connectivity index (χ1n) is 7.95. The molecule has 3 aromatic rings. The Hall–Kier alpha value is -2.92. The van der Waals surface area contributed by atoms with Crippen molar-refractivity contribution < 1.29 is 14.3 Å². The Morgan fingerprint density at radius 3 is 2.56 bits per heavy atom. The number of amides is 1. The summed E-state index contributed by atoms with van der Waals surface area (Å²) < 4.78 is 5.33. The summed E-state index contributed by atoms with van der Waals surface area (Å²) >= 11 is 1.61. The molecule has 1 unspecified atom stereocenters. The maximum atomic E-state index is 12.7. The number of anilines is 1. The highest BCUT2D eigenvalue weighted by molar-refractivity contribution is 7.13. The number of benzene rings is 2.